The second kappa shape index (κ2) is 29.5. The van der Waals surface area contributed by atoms with E-state index in [2.05, 4.69) is 138 Å². The Morgan fingerprint density at radius 2 is 0.945 bits per heavy atom. The average Bonchev–Trinajstić information content (AvgIpc) is 4.03. The highest BCUT2D eigenvalue weighted by Gasteiger charge is 2.22. The lowest BCUT2D eigenvalue weighted by Crippen LogP contribution is -2.26. The summed E-state index contributed by atoms with van der Waals surface area (Å²) in [5.41, 5.74) is 19.7. The largest absolute Gasteiger partial charge is 0.443 e. The van der Waals surface area contributed by atoms with Gasteiger partial charge in [-0.1, -0.05) is 0 Å². The molecule has 73 heavy (non-hydrogen) atoms. The van der Waals surface area contributed by atoms with Gasteiger partial charge in [-0.25, -0.2) is 23.7 Å². The van der Waals surface area contributed by atoms with Gasteiger partial charge in [-0.2, -0.15) is 13.5 Å². The van der Waals surface area contributed by atoms with E-state index in [1.165, 1.54) is 22.3 Å². The molecule has 0 saturated heterocycles. The van der Waals surface area contributed by atoms with Crippen LogP contribution in [-0.4, -0.2) is 80.0 Å². The molecule has 28 heteroatoms. The fourth-order valence-corrected chi connectivity index (χ4v) is 8.04. The molecule has 0 bridgehead atoms. The average molecular weight is 1370 g/mol. The lowest BCUT2D eigenvalue weighted by Gasteiger charge is -2.19. The highest BCUT2D eigenvalue weighted by Crippen LogP contribution is 2.29. The number of hydrogen-bond donors (Lipinski definition) is 5. The van der Waals surface area contributed by atoms with Crippen molar-refractivity contribution in [2.75, 3.05) is 5.73 Å². The van der Waals surface area contributed by atoms with Gasteiger partial charge in [-0.3, -0.25) is 29.3 Å². The minimum absolute atomic E-state index is 0. The van der Waals surface area contributed by atoms with Crippen molar-refractivity contribution in [2.24, 2.45) is 11.5 Å². The molecule has 8 aromatic rings. The number of Topliss-reactive ketones (excluding diaryl/α,β-unsaturated/α-hetero) is 1. The van der Waals surface area contributed by atoms with Gasteiger partial charge in [0.25, 0.3) is 0 Å². The topological polar surface area (TPSA) is 275 Å². The molecule has 8 heterocycles. The van der Waals surface area contributed by atoms with Gasteiger partial charge in [0.15, 0.2) is 0 Å². The van der Waals surface area contributed by atoms with Gasteiger partial charge in [0, 0.05) is 130 Å². The van der Waals surface area contributed by atoms with Crippen LogP contribution in [0.2, 0.25) is 0 Å². The maximum Gasteiger partial charge on any atom is 0.419 e. The molecule has 0 aliphatic heterocycles. The lowest BCUT2D eigenvalue weighted by atomic mass is 10.2. The Balaban J connectivity index is 0.000000330. The van der Waals surface area contributed by atoms with E-state index in [1.54, 1.807) is 57.8 Å². The van der Waals surface area contributed by atoms with Crippen LogP contribution in [0.5, 0.6) is 0 Å². The van der Waals surface area contributed by atoms with Crippen LogP contribution in [0.1, 0.15) is 65.5 Å². The number of nitrogens with one attached hydrogen (secondary N) is 2. The Bertz CT molecular complexity index is 3170. The number of aromatic amines is 2. The first-order chi connectivity index (χ1) is 33.7. The predicted molar refractivity (Wildman–Crippen MR) is 318 cm³/mol. The minimum Gasteiger partial charge on any atom is -0.443 e. The summed E-state index contributed by atoms with van der Waals surface area (Å²) in [6, 6.07) is 7.21. The molecule has 0 fully saturated rings. The third-order valence-corrected chi connectivity index (χ3v) is 11.4. The number of nitrogen functional groups attached to an aromatic ring is 1. The summed E-state index contributed by atoms with van der Waals surface area (Å²) >= 11 is 29.2. The number of halogens is 4. The van der Waals surface area contributed by atoms with Crippen LogP contribution in [-0.2, 0) is 96.8 Å². The van der Waals surface area contributed by atoms with E-state index in [1.807, 2.05) is 51.4 Å². The molecule has 0 aliphatic carbocycles. The number of fused-ring (bicyclic) bond motifs is 4. The van der Waals surface area contributed by atoms with Gasteiger partial charge in [-0.05, 0) is 136 Å². The van der Waals surface area contributed by atoms with Crippen LogP contribution >= 0.6 is 77.2 Å². The van der Waals surface area contributed by atoms with Crippen molar-refractivity contribution < 1.29 is 33.4 Å². The van der Waals surface area contributed by atoms with Crippen molar-refractivity contribution in [3.63, 3.8) is 0 Å². The fourth-order valence-electron chi connectivity index (χ4n) is 6.11. The van der Waals surface area contributed by atoms with Crippen LogP contribution in [0.15, 0.2) is 91.7 Å². The van der Waals surface area contributed by atoms with E-state index in [-0.39, 0.29) is 44.4 Å². The van der Waals surface area contributed by atoms with E-state index in [4.69, 9.17) is 26.7 Å². The van der Waals surface area contributed by atoms with E-state index >= 15 is 0 Å². The van der Waals surface area contributed by atoms with E-state index in [9.17, 15) is 24.0 Å². The van der Waals surface area contributed by atoms with Crippen LogP contribution < -0.4 is 17.2 Å². The zero-order chi connectivity index (χ0) is 54.2. The van der Waals surface area contributed by atoms with Crippen molar-refractivity contribution in [2.45, 2.75) is 78.9 Å². The molecular formula is C45H49Br4N11O7S6. The molecule has 8 N–H and O–H groups in total. The maximum atomic E-state index is 12.2. The number of carbonyl (C=O) groups is 5. The molecule has 0 saturated carbocycles. The first kappa shape index (κ1) is 64.6. The molecule has 0 atom stereocenters. The van der Waals surface area contributed by atoms with Crippen molar-refractivity contribution in [1.29, 1.82) is 0 Å². The third kappa shape index (κ3) is 20.3. The molecule has 0 unspecified atom stereocenters. The number of nitrogens with zero attached hydrogens (tertiary/aromatic N) is 6. The van der Waals surface area contributed by atoms with Gasteiger partial charge in [0.05, 0.1) is 71.1 Å². The van der Waals surface area contributed by atoms with Gasteiger partial charge in [0.1, 0.15) is 22.8 Å². The Morgan fingerprint density at radius 3 is 1.32 bits per heavy atom. The molecule has 8 rings (SSSR count). The number of rotatable bonds is 6. The van der Waals surface area contributed by atoms with Gasteiger partial charge < -0.3 is 36.6 Å². The maximum absolute atomic E-state index is 12.2. The summed E-state index contributed by atoms with van der Waals surface area (Å²) in [6.45, 7) is 12.4. The molecule has 0 radical (unpaired) electrons. The Morgan fingerprint density at radius 1 is 0.603 bits per heavy atom. The Labute approximate surface area is 483 Å². The smallest absolute Gasteiger partial charge is 0.419 e. The normalized spacial score (nSPS) is 10.6. The Kier molecular flexibility index (Phi) is 26.1. The minimum atomic E-state index is -0.584. The monoisotopic (exact) mass is 1360 g/mol. The first-order valence-corrected chi connectivity index (χ1v) is 27.8. The van der Waals surface area contributed by atoms with E-state index < -0.39 is 29.3 Å². The lowest BCUT2D eigenvalue weighted by molar-refractivity contribution is -0.118. The number of H-pyrrole nitrogens is 2. The fraction of sp³-hybridized carbons (Fsp3) is 0.267. The molecule has 390 valence electrons. The summed E-state index contributed by atoms with van der Waals surface area (Å²) < 4.78 is 16.9. The zero-order valence-electron chi connectivity index (χ0n) is 39.9. The van der Waals surface area contributed by atoms with Gasteiger partial charge in [0.2, 0.25) is 11.8 Å². The molecule has 18 nitrogen and oxygen atoms in total. The quantitative estimate of drug-likeness (QED) is 0.104. The molecule has 0 aromatic carbocycles. The standard InChI is InChI=1S/C15H17BrN2O3.C14H16BrN3O3.C9H8BrN3O.C7H6BrN3.S3.S2.H2S/c1-9(19)5-10-6-11-12(16)8-18(13(11)7-17-10)14(20)21-15(2,3)4;1-14(2,3)21-13(20)18-7-10(15)9-4-8(5-12(16)19)17-6-11(9)18;10-7-3-13-8-4-12-5(1-6(7)8)2-9(11)14;8-5-2-10-6-3-11-7(9)1-4(5)6;1-3-2;1-2;/h6-8H,5H2,1-4H3;4,6-7H,5H2,1-3H3,(H2,16,19);1,3-4,13H,2H2,(H2,11,14);1-3,10H,(H2,9,11);;;1H2. The van der Waals surface area contributed by atoms with Crippen molar-refractivity contribution in [3.05, 3.63) is 109 Å². The van der Waals surface area contributed by atoms with Crippen LogP contribution in [0, 0.1) is 0 Å². The predicted octanol–water partition coefficient (Wildman–Crippen LogP) is 9.68. The number of nitrogens with two attached hydrogens (primary N) is 3. The number of aromatic nitrogens is 8. The summed E-state index contributed by atoms with van der Waals surface area (Å²) in [5.74, 6) is -0.240. The number of carbonyl (C=O) groups excluding carboxylic acids is 5. The number of amides is 2. The highest BCUT2D eigenvalue weighted by atomic mass is 79.9. The van der Waals surface area contributed by atoms with Crippen LogP contribution in [0.25, 0.3) is 43.6 Å². The summed E-state index contributed by atoms with van der Waals surface area (Å²) in [4.78, 5) is 79.7. The first-order valence-electron chi connectivity index (χ1n) is 20.6. The van der Waals surface area contributed by atoms with Crippen molar-refractivity contribution >= 4 is 210 Å². The molecular weight excluding hydrogens is 1320 g/mol. The SMILES string of the molecule is CC(=O)Cc1cc2c(Br)cn(C(=O)OC(C)(C)C)c2cn1.CC(C)(C)OC(=O)n1cc(Br)c2cc(CC(N)=O)ncc21.NC(=O)Cc1cc2c(Br)c[nH]c2cn1.Nc1cc2c(Br)c[nH]c2cn1.S.S=S.S=S=S. The van der Waals surface area contributed by atoms with Crippen molar-refractivity contribution in [3.8, 4) is 0 Å². The molecule has 8 aromatic heterocycles. The van der Waals surface area contributed by atoms with Crippen LogP contribution in [0.3, 0.4) is 0 Å². The molecule has 2 amide bonds. The van der Waals surface area contributed by atoms with Gasteiger partial charge >= 0.3 is 12.2 Å². The number of ketones is 1. The van der Waals surface area contributed by atoms with Crippen molar-refractivity contribution in [1.82, 2.24) is 39.0 Å². The summed E-state index contributed by atoms with van der Waals surface area (Å²) in [6.07, 6.45) is 13.1. The zero-order valence-corrected chi connectivity index (χ0v) is 51.3. The number of anilines is 1. The second-order valence-electron chi connectivity index (χ2n) is 16.9. The number of hydrogen-bond acceptors (Lipinski definition) is 16. The second-order valence-corrected chi connectivity index (χ2v) is 22.1. The van der Waals surface area contributed by atoms with Crippen LogP contribution in [0.4, 0.5) is 15.4 Å². The van der Waals surface area contributed by atoms with E-state index in [0.717, 1.165) is 59.3 Å². The van der Waals surface area contributed by atoms with Gasteiger partial charge in [-0.15, -0.1) is 0 Å². The highest BCUT2D eigenvalue weighted by molar-refractivity contribution is 9.11. The molecule has 0 spiro atoms. The number of primary amides is 2. The number of ether oxygens (including phenoxy) is 2. The Hall–Kier alpha value is -4.52. The number of pyridine rings is 4. The molecule has 0 aliphatic rings. The summed E-state index contributed by atoms with van der Waals surface area (Å²) in [5, 5.41) is 3.67. The summed E-state index contributed by atoms with van der Waals surface area (Å²) in [7, 11) is 0.917. The third-order valence-electron chi connectivity index (χ3n) is 8.83. The van der Waals surface area contributed by atoms with E-state index in [0.29, 0.717) is 33.9 Å².